The van der Waals surface area contributed by atoms with Crippen molar-refractivity contribution in [2.24, 2.45) is 10.9 Å². The highest BCUT2D eigenvalue weighted by molar-refractivity contribution is 5.97. The molecule has 1 aliphatic heterocycles. The maximum absolute atomic E-state index is 8.71. The fraction of sp³-hybridized carbons (Fsp3) is 0.533. The van der Waals surface area contributed by atoms with E-state index >= 15 is 0 Å². The van der Waals surface area contributed by atoms with E-state index in [-0.39, 0.29) is 5.84 Å². The normalized spacial score (nSPS) is 19.7. The van der Waals surface area contributed by atoms with E-state index in [1.54, 1.807) is 0 Å². The largest absolute Gasteiger partial charge is 0.409 e. The van der Waals surface area contributed by atoms with Gasteiger partial charge in [-0.1, -0.05) is 23.4 Å². The Balaban J connectivity index is 1.85. The first-order valence-electron chi connectivity index (χ1n) is 7.06. The lowest BCUT2D eigenvalue weighted by Crippen LogP contribution is -2.23. The van der Waals surface area contributed by atoms with Gasteiger partial charge in [0.1, 0.15) is 0 Å². The molecule has 1 heterocycles. The average Bonchev–Trinajstić information content (AvgIpc) is 2.98. The number of amidine groups is 1. The van der Waals surface area contributed by atoms with Crippen LogP contribution in [0.5, 0.6) is 0 Å². The number of hydrogen-bond donors (Lipinski definition) is 2. The Morgan fingerprint density at radius 3 is 3.10 bits per heavy atom. The van der Waals surface area contributed by atoms with Crippen LogP contribution in [0.25, 0.3) is 0 Å². The molecule has 110 valence electrons. The lowest BCUT2D eigenvalue weighted by Gasteiger charge is -2.19. The molecule has 3 N–H and O–H groups in total. The molecule has 5 heteroatoms. The van der Waals surface area contributed by atoms with Gasteiger partial charge in [0.15, 0.2) is 5.84 Å². The van der Waals surface area contributed by atoms with E-state index in [2.05, 4.69) is 23.2 Å². The standard InChI is InChI=1S/C15H23N3O2/c1-18(8-7-14-6-3-9-20-14)11-12-4-2-5-13(10-12)15(16)17-19/h2,4-5,10,14,19H,3,6-9,11H2,1H3,(H2,16,17). The summed E-state index contributed by atoms with van der Waals surface area (Å²) in [5.74, 6) is 0.147. The number of nitrogens with zero attached hydrogens (tertiary/aromatic N) is 2. The fourth-order valence-electron chi connectivity index (χ4n) is 2.51. The molecule has 0 bridgehead atoms. The van der Waals surface area contributed by atoms with Crippen molar-refractivity contribution in [3.63, 3.8) is 0 Å². The Hall–Kier alpha value is -1.59. The molecule has 1 unspecified atom stereocenters. The molecule has 5 nitrogen and oxygen atoms in total. The second kappa shape index (κ2) is 7.26. The summed E-state index contributed by atoms with van der Waals surface area (Å²) in [6.45, 7) is 2.77. The predicted molar refractivity (Wildman–Crippen MR) is 78.9 cm³/mol. The lowest BCUT2D eigenvalue weighted by molar-refractivity contribution is 0.0944. The summed E-state index contributed by atoms with van der Waals surface area (Å²) < 4.78 is 5.63. The van der Waals surface area contributed by atoms with Crippen LogP contribution in [0, 0.1) is 0 Å². The van der Waals surface area contributed by atoms with Gasteiger partial charge in [0.2, 0.25) is 0 Å². The van der Waals surface area contributed by atoms with Crippen LogP contribution < -0.4 is 5.73 Å². The van der Waals surface area contributed by atoms with Crippen LogP contribution in [-0.2, 0) is 11.3 Å². The zero-order valence-electron chi connectivity index (χ0n) is 12.0. The minimum absolute atomic E-state index is 0.147. The number of benzene rings is 1. The highest BCUT2D eigenvalue weighted by Gasteiger charge is 2.15. The highest BCUT2D eigenvalue weighted by Crippen LogP contribution is 2.16. The number of hydrogen-bond acceptors (Lipinski definition) is 4. The highest BCUT2D eigenvalue weighted by atomic mass is 16.5. The first-order valence-corrected chi connectivity index (χ1v) is 7.06. The summed E-state index contributed by atoms with van der Waals surface area (Å²) in [6, 6.07) is 7.77. The Bertz CT molecular complexity index is 456. The average molecular weight is 277 g/mol. The van der Waals surface area contributed by atoms with Crippen molar-refractivity contribution in [2.75, 3.05) is 20.2 Å². The molecular formula is C15H23N3O2. The summed E-state index contributed by atoms with van der Waals surface area (Å²) in [4.78, 5) is 2.27. The van der Waals surface area contributed by atoms with Gasteiger partial charge in [0.25, 0.3) is 0 Å². The van der Waals surface area contributed by atoms with E-state index in [9.17, 15) is 0 Å². The van der Waals surface area contributed by atoms with Crippen LogP contribution in [-0.4, -0.2) is 42.2 Å². The van der Waals surface area contributed by atoms with Gasteiger partial charge in [0, 0.05) is 25.3 Å². The van der Waals surface area contributed by atoms with E-state index in [0.29, 0.717) is 6.10 Å². The Morgan fingerprint density at radius 1 is 1.55 bits per heavy atom. The van der Waals surface area contributed by atoms with E-state index in [1.165, 1.54) is 12.8 Å². The van der Waals surface area contributed by atoms with Crippen LogP contribution in [0.1, 0.15) is 30.4 Å². The number of rotatable bonds is 6. The number of ether oxygens (including phenoxy) is 1. The molecule has 1 aromatic rings. The van der Waals surface area contributed by atoms with Crippen molar-refractivity contribution < 1.29 is 9.94 Å². The number of oxime groups is 1. The molecule has 0 aromatic heterocycles. The van der Waals surface area contributed by atoms with Crippen LogP contribution in [0.3, 0.4) is 0 Å². The van der Waals surface area contributed by atoms with Gasteiger partial charge >= 0.3 is 0 Å². The monoisotopic (exact) mass is 277 g/mol. The number of nitrogens with two attached hydrogens (primary N) is 1. The zero-order chi connectivity index (χ0) is 14.4. The van der Waals surface area contributed by atoms with E-state index in [1.807, 2.05) is 18.2 Å². The first-order chi connectivity index (χ1) is 9.69. The van der Waals surface area contributed by atoms with E-state index < -0.39 is 0 Å². The van der Waals surface area contributed by atoms with E-state index in [0.717, 1.165) is 37.2 Å². The quantitative estimate of drug-likeness (QED) is 0.360. The van der Waals surface area contributed by atoms with Gasteiger partial charge in [-0.2, -0.15) is 0 Å². The van der Waals surface area contributed by atoms with Gasteiger partial charge in [-0.3, -0.25) is 0 Å². The van der Waals surface area contributed by atoms with Gasteiger partial charge < -0.3 is 20.6 Å². The second-order valence-electron chi connectivity index (χ2n) is 5.35. The molecule has 1 fully saturated rings. The Morgan fingerprint density at radius 2 is 2.40 bits per heavy atom. The summed E-state index contributed by atoms with van der Waals surface area (Å²) in [5.41, 5.74) is 7.51. The van der Waals surface area contributed by atoms with Crippen molar-refractivity contribution in [3.05, 3.63) is 35.4 Å². The molecule has 0 saturated carbocycles. The molecular weight excluding hydrogens is 254 g/mol. The van der Waals surface area contributed by atoms with Crippen LogP contribution in [0.2, 0.25) is 0 Å². The van der Waals surface area contributed by atoms with Crippen molar-refractivity contribution in [3.8, 4) is 0 Å². The minimum atomic E-state index is 0.147. The third-order valence-electron chi connectivity index (χ3n) is 3.64. The fourth-order valence-corrected chi connectivity index (χ4v) is 2.51. The van der Waals surface area contributed by atoms with Crippen molar-refractivity contribution in [1.82, 2.24) is 4.90 Å². The summed E-state index contributed by atoms with van der Waals surface area (Å²) in [6.07, 6.45) is 3.89. The lowest BCUT2D eigenvalue weighted by atomic mass is 10.1. The SMILES string of the molecule is CN(CCC1CCCO1)Cc1cccc(C(N)=NO)c1. The summed E-state index contributed by atoms with van der Waals surface area (Å²) in [7, 11) is 2.10. The maximum Gasteiger partial charge on any atom is 0.170 e. The van der Waals surface area contributed by atoms with Crippen molar-refractivity contribution in [1.29, 1.82) is 0 Å². The Kier molecular flexibility index (Phi) is 5.38. The van der Waals surface area contributed by atoms with Crippen LogP contribution in [0.15, 0.2) is 29.4 Å². The van der Waals surface area contributed by atoms with Crippen molar-refractivity contribution in [2.45, 2.75) is 31.9 Å². The zero-order valence-corrected chi connectivity index (χ0v) is 12.0. The molecule has 2 rings (SSSR count). The van der Waals surface area contributed by atoms with Crippen LogP contribution in [0.4, 0.5) is 0 Å². The smallest absolute Gasteiger partial charge is 0.170 e. The summed E-state index contributed by atoms with van der Waals surface area (Å²) in [5, 5.41) is 11.7. The molecule has 1 saturated heterocycles. The molecule has 20 heavy (non-hydrogen) atoms. The summed E-state index contributed by atoms with van der Waals surface area (Å²) >= 11 is 0. The molecule has 0 radical (unpaired) electrons. The molecule has 1 aromatic carbocycles. The second-order valence-corrected chi connectivity index (χ2v) is 5.35. The third kappa shape index (κ3) is 4.21. The minimum Gasteiger partial charge on any atom is -0.409 e. The maximum atomic E-state index is 8.71. The van der Waals surface area contributed by atoms with Crippen LogP contribution >= 0.6 is 0 Å². The molecule has 0 amide bonds. The van der Waals surface area contributed by atoms with E-state index in [4.69, 9.17) is 15.7 Å². The Labute approximate surface area is 120 Å². The third-order valence-corrected chi connectivity index (χ3v) is 3.64. The van der Waals surface area contributed by atoms with Gasteiger partial charge in [-0.05, 0) is 37.9 Å². The first kappa shape index (κ1) is 14.8. The van der Waals surface area contributed by atoms with Gasteiger partial charge in [0.05, 0.1) is 6.10 Å². The van der Waals surface area contributed by atoms with Crippen molar-refractivity contribution >= 4 is 5.84 Å². The van der Waals surface area contributed by atoms with Gasteiger partial charge in [-0.15, -0.1) is 0 Å². The van der Waals surface area contributed by atoms with Gasteiger partial charge in [-0.25, -0.2) is 0 Å². The molecule has 1 atom stereocenters. The molecule has 0 spiro atoms. The topological polar surface area (TPSA) is 71.1 Å². The predicted octanol–water partition coefficient (Wildman–Crippen LogP) is 1.78. The molecule has 0 aliphatic carbocycles. The molecule has 1 aliphatic rings.